The van der Waals surface area contributed by atoms with E-state index in [0.717, 1.165) is 43.9 Å². The highest BCUT2D eigenvalue weighted by Crippen LogP contribution is 2.26. The molecule has 4 heteroatoms. The second kappa shape index (κ2) is 5.89. The summed E-state index contributed by atoms with van der Waals surface area (Å²) in [5, 5.41) is 0. The van der Waals surface area contributed by atoms with Crippen molar-refractivity contribution in [2.24, 2.45) is 0 Å². The number of nitrogens with zero attached hydrogens (tertiary/aromatic N) is 4. The van der Waals surface area contributed by atoms with E-state index >= 15 is 0 Å². The minimum atomic E-state index is 0.564. The van der Waals surface area contributed by atoms with Gasteiger partial charge in [0, 0.05) is 37.3 Å². The molecule has 0 radical (unpaired) electrons. The molecular weight excluding hydrogens is 236 g/mol. The monoisotopic (exact) mass is 254 g/mol. The topological polar surface area (TPSA) is 41.9 Å². The lowest BCUT2D eigenvalue weighted by Crippen LogP contribution is -2.32. The molecule has 1 saturated heterocycles. The van der Waals surface area contributed by atoms with E-state index in [9.17, 15) is 0 Å². The molecule has 0 spiro atoms. The molecule has 0 unspecified atom stereocenters. The fraction of sp³-hybridized carbons (Fsp3) is 0.400. The zero-order valence-corrected chi connectivity index (χ0v) is 10.9. The molecule has 2 aromatic rings. The van der Waals surface area contributed by atoms with E-state index in [1.165, 1.54) is 0 Å². The molecule has 1 aliphatic heterocycles. The molecule has 0 aliphatic carbocycles. The number of hydrogen-bond acceptors (Lipinski definition) is 4. The fourth-order valence-electron chi connectivity index (χ4n) is 2.63. The van der Waals surface area contributed by atoms with Crippen LogP contribution in [0.1, 0.15) is 30.1 Å². The lowest BCUT2D eigenvalue weighted by Gasteiger charge is -2.31. The van der Waals surface area contributed by atoms with Crippen molar-refractivity contribution in [1.29, 1.82) is 0 Å². The van der Waals surface area contributed by atoms with Gasteiger partial charge in [-0.2, -0.15) is 0 Å². The highest BCUT2D eigenvalue weighted by Gasteiger charge is 2.21. The molecule has 4 nitrogen and oxygen atoms in total. The van der Waals surface area contributed by atoms with E-state index in [0.29, 0.717) is 5.92 Å². The van der Waals surface area contributed by atoms with Gasteiger partial charge in [0.1, 0.15) is 0 Å². The smallest absolute Gasteiger partial charge is 0.0618 e. The predicted molar refractivity (Wildman–Crippen MR) is 73.5 cm³/mol. The van der Waals surface area contributed by atoms with Crippen molar-refractivity contribution in [3.8, 4) is 0 Å². The van der Waals surface area contributed by atoms with Gasteiger partial charge < -0.3 is 0 Å². The van der Waals surface area contributed by atoms with Gasteiger partial charge in [-0.3, -0.25) is 19.9 Å². The highest BCUT2D eigenvalue weighted by atomic mass is 15.1. The molecule has 0 N–H and O–H groups in total. The summed E-state index contributed by atoms with van der Waals surface area (Å²) in [6.07, 6.45) is 9.60. The summed E-state index contributed by atoms with van der Waals surface area (Å²) >= 11 is 0. The van der Waals surface area contributed by atoms with Gasteiger partial charge in [0.15, 0.2) is 0 Å². The number of rotatable bonds is 3. The Balaban J connectivity index is 1.55. The average Bonchev–Trinajstić information content (AvgIpc) is 2.50. The van der Waals surface area contributed by atoms with Crippen LogP contribution in [0.5, 0.6) is 0 Å². The molecule has 1 fully saturated rings. The Morgan fingerprint density at radius 3 is 2.63 bits per heavy atom. The number of likely N-dealkylation sites (tertiary alicyclic amines) is 1. The summed E-state index contributed by atoms with van der Waals surface area (Å²) in [4.78, 5) is 15.4. The first-order valence-electron chi connectivity index (χ1n) is 6.80. The molecule has 3 heterocycles. The highest BCUT2D eigenvalue weighted by molar-refractivity contribution is 5.06. The second-order valence-corrected chi connectivity index (χ2v) is 5.00. The number of aromatic nitrogens is 3. The van der Waals surface area contributed by atoms with Gasteiger partial charge >= 0.3 is 0 Å². The van der Waals surface area contributed by atoms with Gasteiger partial charge in [0.25, 0.3) is 0 Å². The summed E-state index contributed by atoms with van der Waals surface area (Å²) in [7, 11) is 0. The molecule has 0 aromatic carbocycles. The van der Waals surface area contributed by atoms with Crippen LogP contribution in [-0.4, -0.2) is 32.9 Å². The first-order valence-corrected chi connectivity index (χ1v) is 6.80. The van der Waals surface area contributed by atoms with Crippen LogP contribution in [0.15, 0.2) is 43.0 Å². The quantitative estimate of drug-likeness (QED) is 0.842. The number of piperidine rings is 1. The van der Waals surface area contributed by atoms with E-state index in [1.54, 1.807) is 12.4 Å². The largest absolute Gasteiger partial charge is 0.297 e. The van der Waals surface area contributed by atoms with Gasteiger partial charge in [0.05, 0.1) is 11.4 Å². The zero-order valence-electron chi connectivity index (χ0n) is 10.9. The Morgan fingerprint density at radius 2 is 1.95 bits per heavy atom. The lowest BCUT2D eigenvalue weighted by atomic mass is 9.94. The SMILES string of the molecule is c1ccc(CN2CCC(c3cnccn3)CC2)nc1. The maximum Gasteiger partial charge on any atom is 0.0618 e. The third-order valence-electron chi connectivity index (χ3n) is 3.70. The van der Waals surface area contributed by atoms with E-state index in [2.05, 4.69) is 32.0 Å². The standard InChI is InChI=1S/C15H18N4/c1-2-6-17-14(3-1)12-19-9-4-13(5-10-19)15-11-16-7-8-18-15/h1-3,6-8,11,13H,4-5,9-10,12H2. The Morgan fingerprint density at radius 1 is 1.05 bits per heavy atom. The van der Waals surface area contributed by atoms with Gasteiger partial charge in [-0.15, -0.1) is 0 Å². The summed E-state index contributed by atoms with van der Waals surface area (Å²) in [5.74, 6) is 0.564. The summed E-state index contributed by atoms with van der Waals surface area (Å²) < 4.78 is 0. The van der Waals surface area contributed by atoms with E-state index in [-0.39, 0.29) is 0 Å². The maximum atomic E-state index is 4.42. The molecule has 0 bridgehead atoms. The molecule has 3 rings (SSSR count). The van der Waals surface area contributed by atoms with E-state index in [1.807, 2.05) is 18.5 Å². The summed E-state index contributed by atoms with van der Waals surface area (Å²) in [6.45, 7) is 3.17. The van der Waals surface area contributed by atoms with Crippen LogP contribution in [-0.2, 0) is 6.54 Å². The minimum absolute atomic E-state index is 0.564. The second-order valence-electron chi connectivity index (χ2n) is 5.00. The Hall–Kier alpha value is -1.81. The molecule has 98 valence electrons. The van der Waals surface area contributed by atoms with Gasteiger partial charge in [-0.1, -0.05) is 6.07 Å². The van der Waals surface area contributed by atoms with Crippen molar-refractivity contribution in [1.82, 2.24) is 19.9 Å². The van der Waals surface area contributed by atoms with Crippen molar-refractivity contribution in [3.63, 3.8) is 0 Å². The van der Waals surface area contributed by atoms with Gasteiger partial charge in [-0.25, -0.2) is 0 Å². The third-order valence-corrected chi connectivity index (χ3v) is 3.70. The maximum absolute atomic E-state index is 4.42. The van der Waals surface area contributed by atoms with Crippen molar-refractivity contribution in [2.45, 2.75) is 25.3 Å². The van der Waals surface area contributed by atoms with Crippen LogP contribution >= 0.6 is 0 Å². The predicted octanol–water partition coefficient (Wildman–Crippen LogP) is 2.25. The van der Waals surface area contributed by atoms with Crippen LogP contribution in [0.4, 0.5) is 0 Å². The lowest BCUT2D eigenvalue weighted by molar-refractivity contribution is 0.201. The first-order chi connectivity index (χ1) is 9.42. The molecule has 2 aromatic heterocycles. The van der Waals surface area contributed by atoms with Crippen LogP contribution < -0.4 is 0 Å². The molecule has 1 aliphatic rings. The van der Waals surface area contributed by atoms with Gasteiger partial charge in [0.2, 0.25) is 0 Å². The normalized spacial score (nSPS) is 17.5. The summed E-state index contributed by atoms with van der Waals surface area (Å²) in [6, 6.07) is 6.10. The van der Waals surface area contributed by atoms with Crippen molar-refractivity contribution in [3.05, 3.63) is 54.4 Å². The fourth-order valence-corrected chi connectivity index (χ4v) is 2.63. The van der Waals surface area contributed by atoms with Crippen LogP contribution in [0.25, 0.3) is 0 Å². The summed E-state index contributed by atoms with van der Waals surface area (Å²) in [5.41, 5.74) is 2.29. The average molecular weight is 254 g/mol. The molecule has 0 saturated carbocycles. The molecule has 0 amide bonds. The van der Waals surface area contributed by atoms with Crippen molar-refractivity contribution in [2.75, 3.05) is 13.1 Å². The Bertz CT molecular complexity index is 492. The molecule has 19 heavy (non-hydrogen) atoms. The zero-order chi connectivity index (χ0) is 12.9. The number of pyridine rings is 1. The Labute approximate surface area is 113 Å². The number of hydrogen-bond donors (Lipinski definition) is 0. The van der Waals surface area contributed by atoms with E-state index in [4.69, 9.17) is 0 Å². The molecular formula is C15H18N4. The van der Waals surface area contributed by atoms with Crippen LogP contribution in [0.2, 0.25) is 0 Å². The van der Waals surface area contributed by atoms with Crippen molar-refractivity contribution >= 4 is 0 Å². The Kier molecular flexibility index (Phi) is 3.79. The van der Waals surface area contributed by atoms with Crippen LogP contribution in [0, 0.1) is 0 Å². The van der Waals surface area contributed by atoms with Gasteiger partial charge in [-0.05, 0) is 38.1 Å². The van der Waals surface area contributed by atoms with Crippen LogP contribution in [0.3, 0.4) is 0 Å². The minimum Gasteiger partial charge on any atom is -0.297 e. The van der Waals surface area contributed by atoms with E-state index < -0.39 is 0 Å². The molecule has 0 atom stereocenters. The van der Waals surface area contributed by atoms with Crippen molar-refractivity contribution < 1.29 is 0 Å². The third kappa shape index (κ3) is 3.15. The first kappa shape index (κ1) is 12.2.